The summed E-state index contributed by atoms with van der Waals surface area (Å²) in [6.45, 7) is 5.23. The number of ether oxygens (including phenoxy) is 1. The van der Waals surface area contributed by atoms with E-state index in [1.54, 1.807) is 50.2 Å². The first kappa shape index (κ1) is 20.9. The minimum atomic E-state index is -3.97. The fourth-order valence-electron chi connectivity index (χ4n) is 2.94. The lowest BCUT2D eigenvalue weighted by molar-refractivity contribution is -0.535. The zero-order valence-corrected chi connectivity index (χ0v) is 16.6. The molecular formula is C19H24N2O5S. The Bertz CT molecular complexity index is 895. The van der Waals surface area contributed by atoms with Crippen molar-refractivity contribution in [3.63, 3.8) is 0 Å². The molecule has 0 bridgehead atoms. The van der Waals surface area contributed by atoms with Gasteiger partial charge in [0.1, 0.15) is 11.8 Å². The Morgan fingerprint density at radius 1 is 1.07 bits per heavy atom. The molecule has 0 aliphatic rings. The fourth-order valence-corrected chi connectivity index (χ4v) is 4.17. The van der Waals surface area contributed by atoms with E-state index >= 15 is 0 Å². The van der Waals surface area contributed by atoms with Crippen molar-refractivity contribution in [3.8, 4) is 5.75 Å². The van der Waals surface area contributed by atoms with E-state index in [0.717, 1.165) is 5.56 Å². The number of methoxy groups -OCH3 is 1. The second-order valence-electron chi connectivity index (χ2n) is 6.67. The molecule has 2 atom stereocenters. The van der Waals surface area contributed by atoms with Crippen LogP contribution in [0.15, 0.2) is 53.4 Å². The Hall–Kier alpha value is -2.45. The molecule has 1 N–H and O–H groups in total. The molecule has 0 radical (unpaired) electrons. The number of nitrogens with one attached hydrogen (secondary N) is 1. The van der Waals surface area contributed by atoms with Crippen LogP contribution in [-0.2, 0) is 10.0 Å². The van der Waals surface area contributed by atoms with Gasteiger partial charge in [-0.3, -0.25) is 10.1 Å². The highest BCUT2D eigenvalue weighted by Crippen LogP contribution is 2.32. The maximum absolute atomic E-state index is 12.9. The summed E-state index contributed by atoms with van der Waals surface area (Å²) >= 11 is 0. The smallest absolute Gasteiger partial charge is 0.241 e. The predicted octanol–water partition coefficient (Wildman–Crippen LogP) is 3.32. The number of nitro groups is 1. The van der Waals surface area contributed by atoms with E-state index in [4.69, 9.17) is 4.74 Å². The van der Waals surface area contributed by atoms with Crippen LogP contribution in [0.3, 0.4) is 0 Å². The van der Waals surface area contributed by atoms with Crippen molar-refractivity contribution in [3.05, 3.63) is 69.8 Å². The van der Waals surface area contributed by atoms with Gasteiger partial charge < -0.3 is 4.74 Å². The van der Waals surface area contributed by atoms with Crippen molar-refractivity contribution in [2.45, 2.75) is 37.8 Å². The molecule has 0 fully saturated rings. The van der Waals surface area contributed by atoms with Gasteiger partial charge in [-0.2, -0.15) is 4.72 Å². The third-order valence-electron chi connectivity index (χ3n) is 4.36. The average Bonchev–Trinajstić information content (AvgIpc) is 2.60. The van der Waals surface area contributed by atoms with Crippen LogP contribution in [0.4, 0.5) is 0 Å². The molecule has 0 amide bonds. The van der Waals surface area contributed by atoms with Crippen molar-refractivity contribution in [2.75, 3.05) is 7.11 Å². The maximum atomic E-state index is 12.9. The molecule has 0 unspecified atom stereocenters. The quantitative estimate of drug-likeness (QED) is 0.549. The maximum Gasteiger partial charge on any atom is 0.241 e. The molecular weight excluding hydrogens is 368 g/mol. The highest BCUT2D eigenvalue weighted by Gasteiger charge is 2.40. The lowest BCUT2D eigenvalue weighted by atomic mass is 9.92. The third kappa shape index (κ3) is 4.84. The van der Waals surface area contributed by atoms with E-state index in [0.29, 0.717) is 11.3 Å². The van der Waals surface area contributed by atoms with Gasteiger partial charge in [0.2, 0.25) is 16.1 Å². The van der Waals surface area contributed by atoms with E-state index < -0.39 is 32.9 Å². The first-order valence-electron chi connectivity index (χ1n) is 8.52. The van der Waals surface area contributed by atoms with Gasteiger partial charge in [-0.25, -0.2) is 8.42 Å². The summed E-state index contributed by atoms with van der Waals surface area (Å²) in [7, 11) is -2.53. The standard InChI is InChI=1S/C19H24N2O5S/c1-13(2)19(21(22)23)18(16-7-5-6-8-17(16)26-4)20-27(24,25)15-11-9-14(3)10-12-15/h5-13,18-20H,1-4H3/t18-,19-/m1/s1. The van der Waals surface area contributed by atoms with Crippen LogP contribution in [0, 0.1) is 23.0 Å². The van der Waals surface area contributed by atoms with Gasteiger partial charge in [0, 0.05) is 16.4 Å². The second-order valence-corrected chi connectivity index (χ2v) is 8.39. The summed E-state index contributed by atoms with van der Waals surface area (Å²) < 4.78 is 33.7. The zero-order chi connectivity index (χ0) is 20.2. The minimum Gasteiger partial charge on any atom is -0.496 e. The van der Waals surface area contributed by atoms with E-state index in [-0.39, 0.29) is 4.90 Å². The molecule has 0 aliphatic carbocycles. The largest absolute Gasteiger partial charge is 0.496 e. The molecule has 0 aliphatic heterocycles. The lowest BCUT2D eigenvalue weighted by Crippen LogP contribution is -2.43. The second kappa shape index (κ2) is 8.49. The normalized spacial score (nSPS) is 14.0. The van der Waals surface area contributed by atoms with Gasteiger partial charge in [-0.15, -0.1) is 0 Å². The summed E-state index contributed by atoms with van der Waals surface area (Å²) in [6.07, 6.45) is 0. The third-order valence-corrected chi connectivity index (χ3v) is 5.81. The van der Waals surface area contributed by atoms with Crippen LogP contribution >= 0.6 is 0 Å². The molecule has 2 aromatic carbocycles. The number of benzene rings is 2. The van der Waals surface area contributed by atoms with E-state index in [2.05, 4.69) is 4.72 Å². The molecule has 27 heavy (non-hydrogen) atoms. The molecule has 2 rings (SSSR count). The van der Waals surface area contributed by atoms with Gasteiger partial charge >= 0.3 is 0 Å². The monoisotopic (exact) mass is 392 g/mol. The molecule has 0 spiro atoms. The van der Waals surface area contributed by atoms with Gasteiger partial charge in [0.15, 0.2) is 0 Å². The molecule has 2 aromatic rings. The van der Waals surface area contributed by atoms with Gasteiger partial charge in [-0.05, 0) is 25.1 Å². The van der Waals surface area contributed by atoms with Crippen LogP contribution in [0.1, 0.15) is 31.0 Å². The SMILES string of the molecule is COc1ccccc1[C@@H](NS(=O)(=O)c1ccc(C)cc1)[C@@H](C(C)C)[N+](=O)[O-]. The molecule has 0 aromatic heterocycles. The van der Waals surface area contributed by atoms with Gasteiger partial charge in [0.25, 0.3) is 0 Å². The number of sulfonamides is 1. The minimum absolute atomic E-state index is 0.0545. The van der Waals surface area contributed by atoms with E-state index in [9.17, 15) is 18.5 Å². The molecule has 0 saturated carbocycles. The van der Waals surface area contributed by atoms with Crippen molar-refractivity contribution < 1.29 is 18.1 Å². The lowest BCUT2D eigenvalue weighted by Gasteiger charge is -2.26. The van der Waals surface area contributed by atoms with Crippen molar-refractivity contribution in [1.29, 1.82) is 0 Å². The van der Waals surface area contributed by atoms with Crippen molar-refractivity contribution >= 4 is 10.0 Å². The van der Waals surface area contributed by atoms with Gasteiger partial charge in [0.05, 0.1) is 12.0 Å². The summed E-state index contributed by atoms with van der Waals surface area (Å²) in [5, 5.41) is 11.8. The molecule has 8 heteroatoms. The van der Waals surface area contributed by atoms with Crippen LogP contribution in [-0.4, -0.2) is 26.5 Å². The topological polar surface area (TPSA) is 98.5 Å². The Labute approximate surface area is 159 Å². The predicted molar refractivity (Wildman–Crippen MR) is 103 cm³/mol. The zero-order valence-electron chi connectivity index (χ0n) is 15.7. The summed E-state index contributed by atoms with van der Waals surface area (Å²) in [4.78, 5) is 11.4. The fraction of sp³-hybridized carbons (Fsp3) is 0.368. The Morgan fingerprint density at radius 2 is 1.67 bits per heavy atom. The Morgan fingerprint density at radius 3 is 2.19 bits per heavy atom. The van der Waals surface area contributed by atoms with Crippen LogP contribution in [0.25, 0.3) is 0 Å². The van der Waals surface area contributed by atoms with Crippen LogP contribution < -0.4 is 9.46 Å². The van der Waals surface area contributed by atoms with Crippen LogP contribution in [0.2, 0.25) is 0 Å². The van der Waals surface area contributed by atoms with Crippen LogP contribution in [0.5, 0.6) is 5.75 Å². The number of hydrogen-bond donors (Lipinski definition) is 1. The summed E-state index contributed by atoms with van der Waals surface area (Å²) in [6, 6.07) is 10.8. The average molecular weight is 392 g/mol. The van der Waals surface area contributed by atoms with Crippen molar-refractivity contribution in [1.82, 2.24) is 4.72 Å². The number of rotatable bonds is 8. The number of para-hydroxylation sites is 1. The van der Waals surface area contributed by atoms with Crippen molar-refractivity contribution in [2.24, 2.45) is 5.92 Å². The first-order valence-corrected chi connectivity index (χ1v) is 10.0. The van der Waals surface area contributed by atoms with Gasteiger partial charge in [-0.1, -0.05) is 49.7 Å². The number of nitrogens with zero attached hydrogens (tertiary/aromatic N) is 1. The molecule has 146 valence electrons. The summed E-state index contributed by atoms with van der Waals surface area (Å²) in [5.41, 5.74) is 1.34. The molecule has 7 nitrogen and oxygen atoms in total. The molecule has 0 heterocycles. The van der Waals surface area contributed by atoms with E-state index in [1.165, 1.54) is 19.2 Å². The highest BCUT2D eigenvalue weighted by molar-refractivity contribution is 7.89. The number of aryl methyl sites for hydroxylation is 1. The Kier molecular flexibility index (Phi) is 6.56. The first-order chi connectivity index (χ1) is 12.7. The van der Waals surface area contributed by atoms with E-state index in [1.807, 2.05) is 6.92 Å². The highest BCUT2D eigenvalue weighted by atomic mass is 32.2. The Balaban J connectivity index is 2.55. The number of hydrogen-bond acceptors (Lipinski definition) is 5. The summed E-state index contributed by atoms with van der Waals surface area (Å²) in [5.74, 6) is -0.0164. The molecule has 0 saturated heterocycles.